The number of pyridine rings is 1. The van der Waals surface area contributed by atoms with Crippen molar-refractivity contribution in [2.24, 2.45) is 0 Å². The monoisotopic (exact) mass is 560 g/mol. The Balaban J connectivity index is 1.85. The Labute approximate surface area is 232 Å². The lowest BCUT2D eigenvalue weighted by Gasteiger charge is -2.23. The number of benzene rings is 2. The van der Waals surface area contributed by atoms with Gasteiger partial charge >= 0.3 is 0 Å². The highest BCUT2D eigenvalue weighted by molar-refractivity contribution is 7.91. The number of halogens is 1. The molecular formula is C30H29FN4O4S. The minimum atomic E-state index is -4.47. The summed E-state index contributed by atoms with van der Waals surface area (Å²) in [5.41, 5.74) is 1.99. The predicted molar refractivity (Wildman–Crippen MR) is 148 cm³/mol. The van der Waals surface area contributed by atoms with E-state index in [2.05, 4.69) is 16.0 Å². The van der Waals surface area contributed by atoms with Crippen LogP contribution in [-0.4, -0.2) is 28.1 Å². The predicted octanol–water partition coefficient (Wildman–Crippen LogP) is 5.50. The number of aromatic hydroxyl groups is 1. The summed E-state index contributed by atoms with van der Waals surface area (Å²) in [6.45, 7) is 5.49. The summed E-state index contributed by atoms with van der Waals surface area (Å²) < 4.78 is 42.3. The Bertz CT molecular complexity index is 1740. The first-order chi connectivity index (χ1) is 19.1. The number of nitriles is 1. The van der Waals surface area contributed by atoms with Crippen molar-refractivity contribution in [2.45, 2.75) is 62.3 Å². The number of hydrogen-bond acceptors (Lipinski definition) is 7. The fraction of sp³-hybridized carbons (Fsp3) is 0.267. The van der Waals surface area contributed by atoms with E-state index in [1.807, 2.05) is 13.8 Å². The number of aromatic nitrogens is 3. The molecule has 8 nitrogen and oxygen atoms in total. The van der Waals surface area contributed by atoms with Crippen molar-refractivity contribution < 1.29 is 17.9 Å². The van der Waals surface area contributed by atoms with Gasteiger partial charge in [0.15, 0.2) is 4.90 Å². The van der Waals surface area contributed by atoms with E-state index in [1.165, 1.54) is 22.8 Å². The Morgan fingerprint density at radius 2 is 1.70 bits per heavy atom. The fourth-order valence-electron chi connectivity index (χ4n) is 4.73. The lowest BCUT2D eigenvalue weighted by molar-refractivity contribution is 0.406. The summed E-state index contributed by atoms with van der Waals surface area (Å²) in [6, 6.07) is 16.8. The maximum Gasteiger partial charge on any atom is 0.277 e. The second-order valence-electron chi connectivity index (χ2n) is 9.41. The Kier molecular flexibility index (Phi) is 8.45. The zero-order valence-corrected chi connectivity index (χ0v) is 23.2. The third-order valence-electron chi connectivity index (χ3n) is 6.80. The Hall–Kier alpha value is -4.36. The van der Waals surface area contributed by atoms with Crippen LogP contribution in [0.25, 0.3) is 11.1 Å². The molecule has 1 atom stereocenters. The molecule has 0 bridgehead atoms. The van der Waals surface area contributed by atoms with Crippen LogP contribution in [0.2, 0.25) is 0 Å². The lowest BCUT2D eigenvalue weighted by Crippen LogP contribution is -2.33. The Morgan fingerprint density at radius 3 is 2.27 bits per heavy atom. The van der Waals surface area contributed by atoms with Gasteiger partial charge in [-0.15, -0.1) is 0 Å². The van der Waals surface area contributed by atoms with Crippen LogP contribution in [0.3, 0.4) is 0 Å². The van der Waals surface area contributed by atoms with Crippen LogP contribution in [-0.2, 0) is 16.3 Å². The topological polar surface area (TPSA) is 126 Å². The van der Waals surface area contributed by atoms with Crippen LogP contribution in [0.4, 0.5) is 4.39 Å². The molecule has 40 heavy (non-hydrogen) atoms. The zero-order valence-electron chi connectivity index (χ0n) is 22.4. The van der Waals surface area contributed by atoms with Crippen LogP contribution in [0.5, 0.6) is 5.88 Å². The number of nitrogens with zero attached hydrogens (tertiary/aromatic N) is 4. The van der Waals surface area contributed by atoms with Crippen molar-refractivity contribution >= 4 is 9.84 Å². The molecule has 2 heterocycles. The second-order valence-corrected chi connectivity index (χ2v) is 11.3. The van der Waals surface area contributed by atoms with Gasteiger partial charge in [0.25, 0.3) is 5.56 Å². The first kappa shape index (κ1) is 28.6. The van der Waals surface area contributed by atoms with E-state index in [-0.39, 0.29) is 10.7 Å². The molecule has 4 rings (SSSR count). The van der Waals surface area contributed by atoms with Gasteiger partial charge < -0.3 is 5.11 Å². The van der Waals surface area contributed by atoms with Crippen LogP contribution in [0.15, 0.2) is 75.2 Å². The van der Waals surface area contributed by atoms with Crippen molar-refractivity contribution in [2.75, 3.05) is 0 Å². The average molecular weight is 561 g/mol. The first-order valence-electron chi connectivity index (χ1n) is 12.9. The second kappa shape index (κ2) is 11.8. The maximum atomic E-state index is 13.9. The van der Waals surface area contributed by atoms with Crippen molar-refractivity contribution in [3.8, 4) is 23.1 Å². The SMILES string of the molecule is CCCCc1nc(O)c(S(=O)(=O)c2ccc(-c3ccc(F)nc3C)cc2)c(=O)n1C(CC)c1ccc(C#N)cc1. The molecule has 0 saturated carbocycles. The van der Waals surface area contributed by atoms with Gasteiger partial charge in [-0.05, 0) is 67.3 Å². The van der Waals surface area contributed by atoms with E-state index in [1.54, 1.807) is 49.4 Å². The molecule has 10 heteroatoms. The number of unbranched alkanes of at least 4 members (excludes halogenated alkanes) is 1. The fourth-order valence-corrected chi connectivity index (χ4v) is 6.08. The molecule has 0 aliphatic carbocycles. The van der Waals surface area contributed by atoms with Crippen molar-refractivity contribution in [3.05, 3.63) is 99.6 Å². The summed E-state index contributed by atoms with van der Waals surface area (Å²) >= 11 is 0. The van der Waals surface area contributed by atoms with E-state index in [0.29, 0.717) is 47.2 Å². The number of aryl methyl sites for hydroxylation is 2. The van der Waals surface area contributed by atoms with Gasteiger partial charge in [0.05, 0.1) is 22.6 Å². The van der Waals surface area contributed by atoms with Gasteiger partial charge in [0.2, 0.25) is 21.7 Å². The molecule has 2 aromatic carbocycles. The molecule has 0 spiro atoms. The minimum absolute atomic E-state index is 0.197. The molecule has 0 aliphatic rings. The highest BCUT2D eigenvalue weighted by Gasteiger charge is 2.31. The summed E-state index contributed by atoms with van der Waals surface area (Å²) in [7, 11) is -4.47. The summed E-state index contributed by atoms with van der Waals surface area (Å²) in [4.78, 5) is 21.0. The van der Waals surface area contributed by atoms with Gasteiger partial charge in [0, 0.05) is 17.7 Å². The normalized spacial score (nSPS) is 12.2. The van der Waals surface area contributed by atoms with Crippen molar-refractivity contribution in [1.82, 2.24) is 14.5 Å². The Morgan fingerprint density at radius 1 is 1.02 bits per heavy atom. The molecule has 0 amide bonds. The maximum absolute atomic E-state index is 13.9. The van der Waals surface area contributed by atoms with E-state index < -0.39 is 38.2 Å². The molecule has 0 aliphatic heterocycles. The number of rotatable bonds is 9. The molecule has 4 aromatic rings. The minimum Gasteiger partial charge on any atom is -0.492 e. The standard InChI is InChI=1S/C30H29FN4O4S/c1-4-6-7-27-34-29(36)28(30(37)35(27)25(5-2)22-10-8-20(18-32)9-11-22)40(38,39)23-14-12-21(13-15-23)24-16-17-26(31)33-19(24)3/h8-17,25,36H,4-7H2,1-3H3. The van der Waals surface area contributed by atoms with Crippen LogP contribution in [0, 0.1) is 24.2 Å². The third-order valence-corrected chi connectivity index (χ3v) is 8.59. The van der Waals surface area contributed by atoms with Gasteiger partial charge in [0.1, 0.15) is 5.82 Å². The largest absolute Gasteiger partial charge is 0.492 e. The molecule has 0 fully saturated rings. The highest BCUT2D eigenvalue weighted by atomic mass is 32.2. The highest BCUT2D eigenvalue weighted by Crippen LogP contribution is 2.30. The van der Waals surface area contributed by atoms with E-state index in [0.717, 1.165) is 6.42 Å². The van der Waals surface area contributed by atoms with Gasteiger partial charge in [-0.2, -0.15) is 14.6 Å². The zero-order chi connectivity index (χ0) is 29.0. The third kappa shape index (κ3) is 5.51. The smallest absolute Gasteiger partial charge is 0.277 e. The average Bonchev–Trinajstić information content (AvgIpc) is 2.93. The summed E-state index contributed by atoms with van der Waals surface area (Å²) in [5, 5.41) is 20.0. The van der Waals surface area contributed by atoms with E-state index in [4.69, 9.17) is 5.26 Å². The first-order valence-corrected chi connectivity index (χ1v) is 14.4. The van der Waals surface area contributed by atoms with E-state index >= 15 is 0 Å². The quantitative estimate of drug-likeness (QED) is 0.268. The molecular weight excluding hydrogens is 531 g/mol. The summed E-state index contributed by atoms with van der Waals surface area (Å²) in [6.07, 6.45) is 2.30. The van der Waals surface area contributed by atoms with Crippen LogP contribution in [0.1, 0.15) is 61.8 Å². The molecule has 1 unspecified atom stereocenters. The lowest BCUT2D eigenvalue weighted by atomic mass is 10.0. The number of sulfone groups is 1. The molecule has 0 saturated heterocycles. The molecule has 206 valence electrons. The van der Waals surface area contributed by atoms with Crippen LogP contribution < -0.4 is 5.56 Å². The van der Waals surface area contributed by atoms with E-state index in [9.17, 15) is 22.7 Å². The van der Waals surface area contributed by atoms with Gasteiger partial charge in [-0.3, -0.25) is 9.36 Å². The van der Waals surface area contributed by atoms with Gasteiger partial charge in [-0.25, -0.2) is 13.4 Å². The number of hydrogen-bond donors (Lipinski definition) is 1. The van der Waals surface area contributed by atoms with Crippen molar-refractivity contribution in [1.29, 1.82) is 5.26 Å². The van der Waals surface area contributed by atoms with Gasteiger partial charge in [-0.1, -0.05) is 44.5 Å². The molecule has 2 aromatic heterocycles. The molecule has 1 N–H and O–H groups in total. The summed E-state index contributed by atoms with van der Waals surface area (Å²) in [5.74, 6) is -1.17. The van der Waals surface area contributed by atoms with Crippen molar-refractivity contribution in [3.63, 3.8) is 0 Å². The molecule has 0 radical (unpaired) electrons. The van der Waals surface area contributed by atoms with Crippen LogP contribution >= 0.6 is 0 Å².